The third kappa shape index (κ3) is 4.20. The second kappa shape index (κ2) is 7.09. The van der Waals surface area contributed by atoms with Crippen LogP contribution in [0.2, 0.25) is 0 Å². The van der Waals surface area contributed by atoms with Crippen LogP contribution in [0.3, 0.4) is 0 Å². The average molecular weight is 287 g/mol. The number of nitriles is 1. The van der Waals surface area contributed by atoms with Crippen LogP contribution in [0.4, 0.5) is 10.5 Å². The van der Waals surface area contributed by atoms with Gasteiger partial charge in [0.25, 0.3) is 0 Å². The monoisotopic (exact) mass is 287 g/mol. The topological polar surface area (TPSA) is 85.2 Å². The lowest BCUT2D eigenvalue weighted by molar-refractivity contribution is 0.0840. The van der Waals surface area contributed by atoms with E-state index in [4.69, 9.17) is 5.26 Å². The highest BCUT2D eigenvalue weighted by Crippen LogP contribution is 2.35. The van der Waals surface area contributed by atoms with Crippen LogP contribution in [0, 0.1) is 16.7 Å². The molecule has 112 valence electrons. The molecule has 1 fully saturated rings. The molecule has 5 nitrogen and oxygen atoms in total. The summed E-state index contributed by atoms with van der Waals surface area (Å²) >= 11 is 0. The van der Waals surface area contributed by atoms with Gasteiger partial charge in [-0.15, -0.1) is 0 Å². The van der Waals surface area contributed by atoms with Gasteiger partial charge in [0.1, 0.15) is 0 Å². The lowest BCUT2D eigenvalue weighted by Crippen LogP contribution is -2.42. The Labute approximate surface area is 125 Å². The Morgan fingerprint density at radius 1 is 1.33 bits per heavy atom. The minimum Gasteiger partial charge on any atom is -0.396 e. The summed E-state index contributed by atoms with van der Waals surface area (Å²) in [4.78, 5) is 11.9. The summed E-state index contributed by atoms with van der Waals surface area (Å²) in [6.45, 7) is 0.588. The molecule has 2 amide bonds. The lowest BCUT2D eigenvalue weighted by atomic mass is 9.74. The number of carbonyl (C=O) groups excluding carboxylic acids is 1. The van der Waals surface area contributed by atoms with E-state index in [1.54, 1.807) is 24.3 Å². The summed E-state index contributed by atoms with van der Waals surface area (Å²) in [5.41, 5.74) is 0.921. The number of rotatable bonds is 4. The predicted octanol–water partition coefficient (Wildman–Crippen LogP) is 2.62. The Bertz CT molecular complexity index is 531. The number of nitrogens with zero attached hydrogens (tertiary/aromatic N) is 1. The third-order valence-corrected chi connectivity index (χ3v) is 4.12. The van der Waals surface area contributed by atoms with Gasteiger partial charge in [-0.3, -0.25) is 0 Å². The molecule has 0 radical (unpaired) electrons. The Morgan fingerprint density at radius 3 is 2.76 bits per heavy atom. The molecule has 5 heteroatoms. The summed E-state index contributed by atoms with van der Waals surface area (Å²) in [6, 6.07) is 8.51. The van der Waals surface area contributed by atoms with Crippen molar-refractivity contribution in [1.82, 2.24) is 5.32 Å². The lowest BCUT2D eigenvalue weighted by Gasteiger charge is -2.35. The third-order valence-electron chi connectivity index (χ3n) is 4.12. The van der Waals surface area contributed by atoms with Crippen LogP contribution in [0.25, 0.3) is 0 Å². The number of hydrogen-bond acceptors (Lipinski definition) is 3. The van der Waals surface area contributed by atoms with Gasteiger partial charge in [-0.05, 0) is 31.0 Å². The smallest absolute Gasteiger partial charge is 0.319 e. The molecule has 1 aliphatic rings. The first-order chi connectivity index (χ1) is 10.2. The number of hydrogen-bond donors (Lipinski definition) is 3. The highest BCUT2D eigenvalue weighted by Gasteiger charge is 2.31. The maximum atomic E-state index is 11.9. The van der Waals surface area contributed by atoms with Gasteiger partial charge in [0.2, 0.25) is 0 Å². The van der Waals surface area contributed by atoms with Gasteiger partial charge in [0.15, 0.2) is 0 Å². The fourth-order valence-corrected chi connectivity index (χ4v) is 2.80. The summed E-state index contributed by atoms with van der Waals surface area (Å²) in [5.74, 6) is 0. The number of nitrogens with one attached hydrogen (secondary N) is 2. The van der Waals surface area contributed by atoms with Crippen molar-refractivity contribution >= 4 is 11.7 Å². The van der Waals surface area contributed by atoms with E-state index in [2.05, 4.69) is 10.6 Å². The van der Waals surface area contributed by atoms with Crippen molar-refractivity contribution in [3.8, 4) is 6.07 Å². The number of aliphatic hydroxyl groups is 1. The van der Waals surface area contributed by atoms with E-state index >= 15 is 0 Å². The normalized spacial score (nSPS) is 16.8. The van der Waals surface area contributed by atoms with Crippen LogP contribution in [0.15, 0.2) is 24.3 Å². The van der Waals surface area contributed by atoms with Crippen molar-refractivity contribution in [3.63, 3.8) is 0 Å². The van der Waals surface area contributed by atoms with Crippen molar-refractivity contribution in [3.05, 3.63) is 29.8 Å². The van der Waals surface area contributed by atoms with Crippen molar-refractivity contribution < 1.29 is 9.90 Å². The Morgan fingerprint density at radius 2 is 2.10 bits per heavy atom. The summed E-state index contributed by atoms with van der Waals surface area (Å²) < 4.78 is 0. The van der Waals surface area contributed by atoms with Crippen molar-refractivity contribution in [2.75, 3.05) is 18.5 Å². The van der Waals surface area contributed by atoms with Crippen LogP contribution in [0.1, 0.15) is 37.7 Å². The van der Waals surface area contributed by atoms with Crippen LogP contribution in [-0.2, 0) is 0 Å². The van der Waals surface area contributed by atoms with E-state index in [1.165, 1.54) is 6.42 Å². The number of anilines is 1. The minimum atomic E-state index is -0.302. The second-order valence-corrected chi connectivity index (χ2v) is 5.72. The molecular weight excluding hydrogens is 266 g/mol. The maximum Gasteiger partial charge on any atom is 0.319 e. The molecule has 0 heterocycles. The molecule has 0 saturated heterocycles. The maximum absolute atomic E-state index is 11.9. The second-order valence-electron chi connectivity index (χ2n) is 5.72. The number of aliphatic hydroxyl groups excluding tert-OH is 1. The molecule has 3 N–H and O–H groups in total. The first-order valence-electron chi connectivity index (χ1n) is 7.33. The summed E-state index contributed by atoms with van der Waals surface area (Å²) in [5, 5.41) is 24.0. The molecule has 2 rings (SSSR count). The number of carbonyl (C=O) groups is 1. The molecular formula is C16H21N3O2. The van der Waals surface area contributed by atoms with Gasteiger partial charge < -0.3 is 15.7 Å². The van der Waals surface area contributed by atoms with E-state index < -0.39 is 0 Å². The average Bonchev–Trinajstić information content (AvgIpc) is 2.54. The van der Waals surface area contributed by atoms with Crippen LogP contribution < -0.4 is 10.6 Å². The number of amides is 2. The SMILES string of the molecule is N#Cc1cccc(NC(=O)NCC2(CO)CCCCC2)c1. The zero-order chi connectivity index (χ0) is 15.1. The van der Waals surface area contributed by atoms with Crippen molar-refractivity contribution in [1.29, 1.82) is 5.26 Å². The molecule has 0 aromatic heterocycles. The van der Waals surface area contributed by atoms with Gasteiger partial charge >= 0.3 is 6.03 Å². The van der Waals surface area contributed by atoms with Crippen molar-refractivity contribution in [2.45, 2.75) is 32.1 Å². The van der Waals surface area contributed by atoms with E-state index in [-0.39, 0.29) is 18.1 Å². The van der Waals surface area contributed by atoms with Gasteiger partial charge in [-0.1, -0.05) is 25.3 Å². The van der Waals surface area contributed by atoms with E-state index in [9.17, 15) is 9.90 Å². The molecule has 0 aliphatic heterocycles. The van der Waals surface area contributed by atoms with Crippen LogP contribution in [0.5, 0.6) is 0 Å². The highest BCUT2D eigenvalue weighted by atomic mass is 16.3. The van der Waals surface area contributed by atoms with Gasteiger partial charge in [0, 0.05) is 17.6 Å². The van der Waals surface area contributed by atoms with Crippen molar-refractivity contribution in [2.24, 2.45) is 5.41 Å². The predicted molar refractivity (Wildman–Crippen MR) is 80.8 cm³/mol. The minimum absolute atomic E-state index is 0.108. The molecule has 0 bridgehead atoms. The highest BCUT2D eigenvalue weighted by molar-refractivity contribution is 5.89. The molecule has 1 saturated carbocycles. The first kappa shape index (κ1) is 15.3. The fourth-order valence-electron chi connectivity index (χ4n) is 2.80. The summed E-state index contributed by atoms with van der Waals surface area (Å²) in [6.07, 6.45) is 5.32. The van der Waals surface area contributed by atoms with E-state index in [1.807, 2.05) is 6.07 Å². The quantitative estimate of drug-likeness (QED) is 0.795. The van der Waals surface area contributed by atoms with Crippen LogP contribution in [-0.4, -0.2) is 24.3 Å². The Balaban J connectivity index is 1.88. The standard InChI is InChI=1S/C16H21N3O2/c17-10-13-5-4-6-14(9-13)19-15(21)18-11-16(12-20)7-2-1-3-8-16/h4-6,9,20H,1-3,7-8,11-12H2,(H2,18,19,21). The van der Waals surface area contributed by atoms with E-state index in [0.717, 1.165) is 25.7 Å². The van der Waals surface area contributed by atoms with Gasteiger partial charge in [0.05, 0.1) is 18.2 Å². The molecule has 0 spiro atoms. The summed E-state index contributed by atoms with van der Waals surface area (Å²) in [7, 11) is 0. The Hall–Kier alpha value is -2.06. The molecule has 1 aromatic carbocycles. The van der Waals surface area contributed by atoms with Gasteiger partial charge in [-0.2, -0.15) is 5.26 Å². The first-order valence-corrected chi connectivity index (χ1v) is 7.33. The largest absolute Gasteiger partial charge is 0.396 e. The zero-order valence-electron chi connectivity index (χ0n) is 12.1. The molecule has 1 aromatic rings. The Kier molecular flexibility index (Phi) is 5.18. The van der Waals surface area contributed by atoms with E-state index in [0.29, 0.717) is 17.8 Å². The molecule has 21 heavy (non-hydrogen) atoms. The molecule has 1 aliphatic carbocycles. The van der Waals surface area contributed by atoms with Gasteiger partial charge in [-0.25, -0.2) is 4.79 Å². The zero-order valence-corrected chi connectivity index (χ0v) is 12.1. The molecule has 0 unspecified atom stereocenters. The number of urea groups is 1. The molecule has 0 atom stereocenters. The van der Waals surface area contributed by atoms with Crippen LogP contribution >= 0.6 is 0 Å². The number of benzene rings is 1. The fraction of sp³-hybridized carbons (Fsp3) is 0.500.